The number of rotatable bonds is 6. The minimum atomic E-state index is -3.77. The van der Waals surface area contributed by atoms with E-state index in [0.717, 1.165) is 18.6 Å². The first-order valence-corrected chi connectivity index (χ1v) is 7.70. The van der Waals surface area contributed by atoms with Crippen LogP contribution in [0.3, 0.4) is 0 Å². The number of hydrogen-bond acceptors (Lipinski definition) is 4. The Labute approximate surface area is 118 Å². The molecule has 7 heteroatoms. The monoisotopic (exact) mass is 301 g/mol. The van der Waals surface area contributed by atoms with Gasteiger partial charge in [0.25, 0.3) is 0 Å². The summed E-state index contributed by atoms with van der Waals surface area (Å²) >= 11 is 0. The Kier molecular flexibility index (Phi) is 5.13. The van der Waals surface area contributed by atoms with Crippen molar-refractivity contribution in [1.29, 1.82) is 0 Å². The van der Waals surface area contributed by atoms with E-state index >= 15 is 0 Å². The molecule has 0 aliphatic rings. The minimum Gasteiger partial charge on any atom is -0.507 e. The van der Waals surface area contributed by atoms with Gasteiger partial charge in [0.15, 0.2) is 0 Å². The van der Waals surface area contributed by atoms with E-state index in [1.807, 2.05) is 6.92 Å². The van der Waals surface area contributed by atoms with Crippen molar-refractivity contribution in [3.8, 4) is 5.75 Å². The van der Waals surface area contributed by atoms with Gasteiger partial charge in [0.1, 0.15) is 11.3 Å². The Morgan fingerprint density at radius 2 is 2.00 bits per heavy atom. The molecule has 0 bridgehead atoms. The zero-order valence-corrected chi connectivity index (χ0v) is 12.5. The number of benzene rings is 1. The maximum absolute atomic E-state index is 12.4. The number of carboxylic acid groups (broad SMARTS) is 1. The summed E-state index contributed by atoms with van der Waals surface area (Å²) in [4.78, 5) is 10.8. The van der Waals surface area contributed by atoms with E-state index < -0.39 is 27.3 Å². The highest BCUT2D eigenvalue weighted by Gasteiger charge is 2.26. The predicted octanol–water partition coefficient (Wildman–Crippen LogP) is 1.90. The van der Waals surface area contributed by atoms with Gasteiger partial charge < -0.3 is 10.2 Å². The van der Waals surface area contributed by atoms with Crippen molar-refractivity contribution in [1.82, 2.24) is 4.31 Å². The van der Waals surface area contributed by atoms with Crippen LogP contribution in [0, 0.1) is 0 Å². The fourth-order valence-corrected chi connectivity index (χ4v) is 3.27. The van der Waals surface area contributed by atoms with Gasteiger partial charge >= 0.3 is 5.97 Å². The van der Waals surface area contributed by atoms with E-state index in [2.05, 4.69) is 0 Å². The van der Waals surface area contributed by atoms with Gasteiger partial charge in [-0.2, -0.15) is 4.31 Å². The maximum atomic E-state index is 12.4. The van der Waals surface area contributed by atoms with Crippen LogP contribution in [0.15, 0.2) is 23.1 Å². The van der Waals surface area contributed by atoms with Gasteiger partial charge in [-0.05, 0) is 31.5 Å². The second kappa shape index (κ2) is 6.23. The molecule has 0 aromatic heterocycles. The topological polar surface area (TPSA) is 94.9 Å². The molecule has 0 aliphatic heterocycles. The largest absolute Gasteiger partial charge is 0.507 e. The molecule has 112 valence electrons. The second-order valence-corrected chi connectivity index (χ2v) is 6.64. The highest BCUT2D eigenvalue weighted by molar-refractivity contribution is 7.89. The van der Waals surface area contributed by atoms with Crippen molar-refractivity contribution in [3.05, 3.63) is 23.8 Å². The summed E-state index contributed by atoms with van der Waals surface area (Å²) in [6.45, 7) is 3.75. The summed E-state index contributed by atoms with van der Waals surface area (Å²) in [5, 5.41) is 18.3. The van der Waals surface area contributed by atoms with Crippen LogP contribution in [-0.4, -0.2) is 42.0 Å². The fourth-order valence-electron chi connectivity index (χ4n) is 1.85. The number of sulfonamides is 1. The highest BCUT2D eigenvalue weighted by atomic mass is 32.2. The van der Waals surface area contributed by atoms with Crippen molar-refractivity contribution >= 4 is 16.0 Å². The van der Waals surface area contributed by atoms with Crippen LogP contribution in [0.2, 0.25) is 0 Å². The molecule has 1 aromatic carbocycles. The van der Waals surface area contributed by atoms with Gasteiger partial charge in [-0.15, -0.1) is 0 Å². The third kappa shape index (κ3) is 3.29. The average Bonchev–Trinajstić information content (AvgIpc) is 2.37. The first-order valence-electron chi connectivity index (χ1n) is 6.26. The Morgan fingerprint density at radius 1 is 1.40 bits per heavy atom. The van der Waals surface area contributed by atoms with Crippen LogP contribution in [-0.2, 0) is 10.0 Å². The number of nitrogens with zero attached hydrogens (tertiary/aromatic N) is 1. The van der Waals surface area contributed by atoms with Gasteiger partial charge in [0.2, 0.25) is 10.0 Å². The summed E-state index contributed by atoms with van der Waals surface area (Å²) in [6, 6.07) is 3.07. The predicted molar refractivity (Wildman–Crippen MR) is 74.4 cm³/mol. The second-order valence-electron chi connectivity index (χ2n) is 4.64. The smallest absolute Gasteiger partial charge is 0.339 e. The quantitative estimate of drug-likeness (QED) is 0.836. The van der Waals surface area contributed by atoms with Crippen molar-refractivity contribution in [2.24, 2.45) is 0 Å². The van der Waals surface area contributed by atoms with Gasteiger partial charge in [-0.25, -0.2) is 13.2 Å². The summed E-state index contributed by atoms with van der Waals surface area (Å²) in [6.07, 6.45) is 1.55. The molecule has 1 atom stereocenters. The summed E-state index contributed by atoms with van der Waals surface area (Å²) in [5.41, 5.74) is -0.428. The number of aromatic hydroxyl groups is 1. The molecule has 1 aromatic rings. The van der Waals surface area contributed by atoms with Crippen LogP contribution >= 0.6 is 0 Å². The normalized spacial score (nSPS) is 13.4. The third-order valence-electron chi connectivity index (χ3n) is 3.20. The van der Waals surface area contributed by atoms with E-state index in [4.69, 9.17) is 5.11 Å². The lowest BCUT2D eigenvalue weighted by Gasteiger charge is -2.24. The summed E-state index contributed by atoms with van der Waals surface area (Å²) in [7, 11) is -2.31. The molecule has 0 aliphatic carbocycles. The lowest BCUT2D eigenvalue weighted by atomic mass is 10.2. The lowest BCUT2D eigenvalue weighted by molar-refractivity contribution is 0.0693. The Morgan fingerprint density at radius 3 is 2.50 bits per heavy atom. The summed E-state index contributed by atoms with van der Waals surface area (Å²) in [5.74, 6) is -1.83. The number of carbonyl (C=O) groups is 1. The molecule has 1 unspecified atom stereocenters. The Balaban J connectivity index is 3.22. The molecule has 0 saturated carbocycles. The lowest BCUT2D eigenvalue weighted by Crippen LogP contribution is -2.35. The number of hydrogen-bond donors (Lipinski definition) is 2. The van der Waals surface area contributed by atoms with Gasteiger partial charge in [-0.1, -0.05) is 13.3 Å². The van der Waals surface area contributed by atoms with Gasteiger partial charge in [-0.3, -0.25) is 0 Å². The van der Waals surface area contributed by atoms with Crippen LogP contribution in [0.5, 0.6) is 5.75 Å². The van der Waals surface area contributed by atoms with E-state index in [1.54, 1.807) is 6.92 Å². The molecular weight excluding hydrogens is 282 g/mol. The number of carboxylic acids is 1. The zero-order valence-electron chi connectivity index (χ0n) is 11.7. The number of phenols is 1. The zero-order chi connectivity index (χ0) is 15.5. The van der Waals surface area contributed by atoms with Gasteiger partial charge in [0.05, 0.1) is 4.90 Å². The molecule has 6 nitrogen and oxygen atoms in total. The molecule has 0 radical (unpaired) electrons. The van der Waals surface area contributed by atoms with Crippen molar-refractivity contribution < 1.29 is 23.4 Å². The molecule has 0 heterocycles. The molecule has 20 heavy (non-hydrogen) atoms. The van der Waals surface area contributed by atoms with Crippen LogP contribution in [0.1, 0.15) is 37.0 Å². The SMILES string of the molecule is CCCC(C)N(C)S(=O)(=O)c1ccc(O)c(C(=O)O)c1. The minimum absolute atomic E-state index is 0.141. The summed E-state index contributed by atoms with van der Waals surface area (Å²) < 4.78 is 26.0. The highest BCUT2D eigenvalue weighted by Crippen LogP contribution is 2.24. The Hall–Kier alpha value is -1.60. The molecular formula is C13H19NO5S. The van der Waals surface area contributed by atoms with E-state index in [0.29, 0.717) is 6.42 Å². The fraction of sp³-hybridized carbons (Fsp3) is 0.462. The molecule has 0 saturated heterocycles. The van der Waals surface area contributed by atoms with E-state index in [9.17, 15) is 18.3 Å². The number of aromatic carboxylic acids is 1. The maximum Gasteiger partial charge on any atom is 0.339 e. The molecule has 2 N–H and O–H groups in total. The van der Waals surface area contributed by atoms with Crippen molar-refractivity contribution in [3.63, 3.8) is 0 Å². The van der Waals surface area contributed by atoms with Crippen LogP contribution < -0.4 is 0 Å². The third-order valence-corrected chi connectivity index (χ3v) is 5.17. The first kappa shape index (κ1) is 16.5. The van der Waals surface area contributed by atoms with Crippen molar-refractivity contribution in [2.45, 2.75) is 37.6 Å². The van der Waals surface area contributed by atoms with E-state index in [-0.39, 0.29) is 10.9 Å². The van der Waals surface area contributed by atoms with Crippen molar-refractivity contribution in [2.75, 3.05) is 7.05 Å². The molecule has 0 spiro atoms. The molecule has 0 amide bonds. The van der Waals surface area contributed by atoms with Crippen LogP contribution in [0.4, 0.5) is 0 Å². The Bertz CT molecular complexity index is 597. The van der Waals surface area contributed by atoms with E-state index in [1.165, 1.54) is 17.4 Å². The first-order chi connectivity index (χ1) is 9.21. The molecule has 0 fully saturated rings. The van der Waals surface area contributed by atoms with Gasteiger partial charge in [0, 0.05) is 13.1 Å². The standard InChI is InChI=1S/C13H19NO5S/c1-4-5-9(2)14(3)20(18,19)10-6-7-12(15)11(8-10)13(16)17/h6-9,15H,4-5H2,1-3H3,(H,16,17). The van der Waals surface area contributed by atoms with Crippen LogP contribution in [0.25, 0.3) is 0 Å². The molecule has 1 rings (SSSR count). The average molecular weight is 301 g/mol.